The van der Waals surface area contributed by atoms with Gasteiger partial charge in [0.2, 0.25) is 15.9 Å². The van der Waals surface area contributed by atoms with Crippen LogP contribution in [-0.2, 0) is 21.2 Å². The summed E-state index contributed by atoms with van der Waals surface area (Å²) in [6.45, 7) is 5.58. The van der Waals surface area contributed by atoms with Gasteiger partial charge in [-0.3, -0.25) is 9.78 Å². The summed E-state index contributed by atoms with van der Waals surface area (Å²) in [5.41, 5.74) is 2.53. The van der Waals surface area contributed by atoms with Crippen molar-refractivity contribution in [1.82, 2.24) is 9.29 Å². The molecule has 2 rings (SSSR count). The van der Waals surface area contributed by atoms with Crippen molar-refractivity contribution in [1.29, 1.82) is 0 Å². The SMILES string of the molecule is Cc1ccncc1CC(=O)N(C)c1ccc(S(=O)(=O)N(C)C(C)C)cc1. The monoisotopic (exact) mass is 375 g/mol. The van der Waals surface area contributed by atoms with Gasteiger partial charge in [-0.1, -0.05) is 0 Å². The first-order valence-corrected chi connectivity index (χ1v) is 9.82. The van der Waals surface area contributed by atoms with Crippen LogP contribution in [0.25, 0.3) is 0 Å². The molecule has 1 heterocycles. The smallest absolute Gasteiger partial charge is 0.243 e. The fourth-order valence-corrected chi connectivity index (χ4v) is 3.76. The number of likely N-dealkylation sites (N-methyl/N-ethyl adjacent to an activating group) is 1. The average Bonchev–Trinajstić information content (AvgIpc) is 2.62. The van der Waals surface area contributed by atoms with Crippen LogP contribution >= 0.6 is 0 Å². The summed E-state index contributed by atoms with van der Waals surface area (Å²) < 4.78 is 26.3. The lowest BCUT2D eigenvalue weighted by molar-refractivity contribution is -0.117. The lowest BCUT2D eigenvalue weighted by Crippen LogP contribution is -2.33. The number of rotatable bonds is 6. The van der Waals surface area contributed by atoms with Crippen molar-refractivity contribution in [3.05, 3.63) is 53.9 Å². The molecule has 0 bridgehead atoms. The summed E-state index contributed by atoms with van der Waals surface area (Å²) >= 11 is 0. The van der Waals surface area contributed by atoms with Gasteiger partial charge in [-0.25, -0.2) is 8.42 Å². The summed E-state index contributed by atoms with van der Waals surface area (Å²) in [5.74, 6) is -0.0870. The Kier molecular flexibility index (Phi) is 6.15. The van der Waals surface area contributed by atoms with Gasteiger partial charge in [0.15, 0.2) is 0 Å². The van der Waals surface area contributed by atoms with Crippen LogP contribution in [0, 0.1) is 6.92 Å². The van der Waals surface area contributed by atoms with Gasteiger partial charge >= 0.3 is 0 Å². The third kappa shape index (κ3) is 4.28. The zero-order chi connectivity index (χ0) is 19.5. The average molecular weight is 375 g/mol. The number of aromatic nitrogens is 1. The van der Waals surface area contributed by atoms with E-state index in [1.54, 1.807) is 38.6 Å². The number of carbonyl (C=O) groups is 1. The van der Waals surface area contributed by atoms with Crippen LogP contribution in [0.3, 0.4) is 0 Å². The number of amides is 1. The lowest BCUT2D eigenvalue weighted by Gasteiger charge is -2.22. The van der Waals surface area contributed by atoms with E-state index in [0.717, 1.165) is 11.1 Å². The van der Waals surface area contributed by atoms with Crippen molar-refractivity contribution in [2.24, 2.45) is 0 Å². The van der Waals surface area contributed by atoms with E-state index < -0.39 is 10.0 Å². The maximum atomic E-state index is 12.5. The van der Waals surface area contributed by atoms with Crippen LogP contribution in [0.15, 0.2) is 47.6 Å². The molecule has 0 saturated heterocycles. The Bertz CT molecular complexity index is 877. The fraction of sp³-hybridized carbons (Fsp3) is 0.368. The standard InChI is InChI=1S/C19H25N3O3S/c1-14(2)22(5)26(24,25)18-8-6-17(7-9-18)21(4)19(23)12-16-13-20-11-10-15(16)3/h6-11,13-14H,12H2,1-5H3. The molecule has 26 heavy (non-hydrogen) atoms. The minimum Gasteiger partial charge on any atom is -0.315 e. The van der Waals surface area contributed by atoms with E-state index in [4.69, 9.17) is 0 Å². The highest BCUT2D eigenvalue weighted by molar-refractivity contribution is 7.89. The van der Waals surface area contributed by atoms with Crippen LogP contribution < -0.4 is 4.90 Å². The highest BCUT2D eigenvalue weighted by Gasteiger charge is 2.23. The number of hydrogen-bond donors (Lipinski definition) is 0. The quantitative estimate of drug-likeness (QED) is 0.778. The van der Waals surface area contributed by atoms with Gasteiger partial charge in [0, 0.05) is 38.2 Å². The van der Waals surface area contributed by atoms with E-state index in [-0.39, 0.29) is 23.3 Å². The van der Waals surface area contributed by atoms with Gasteiger partial charge in [-0.15, -0.1) is 0 Å². The topological polar surface area (TPSA) is 70.6 Å². The maximum absolute atomic E-state index is 12.5. The van der Waals surface area contributed by atoms with Gasteiger partial charge < -0.3 is 4.90 Å². The van der Waals surface area contributed by atoms with E-state index in [9.17, 15) is 13.2 Å². The molecule has 0 aliphatic rings. The van der Waals surface area contributed by atoms with Crippen LogP contribution in [0.5, 0.6) is 0 Å². The molecule has 1 aromatic heterocycles. The maximum Gasteiger partial charge on any atom is 0.243 e. The number of sulfonamides is 1. The van der Waals surface area contributed by atoms with Gasteiger partial charge in [-0.2, -0.15) is 4.31 Å². The zero-order valence-electron chi connectivity index (χ0n) is 15.8. The van der Waals surface area contributed by atoms with Crippen molar-refractivity contribution in [3.63, 3.8) is 0 Å². The summed E-state index contributed by atoms with van der Waals surface area (Å²) in [5, 5.41) is 0. The first-order chi connectivity index (χ1) is 12.1. The molecule has 0 fully saturated rings. The van der Waals surface area contributed by atoms with Gasteiger partial charge in [0.25, 0.3) is 0 Å². The van der Waals surface area contributed by atoms with Crippen LogP contribution in [0.4, 0.5) is 5.69 Å². The number of benzene rings is 1. The minimum absolute atomic E-state index is 0.0870. The second kappa shape index (κ2) is 7.97. The van der Waals surface area contributed by atoms with Gasteiger partial charge in [0.05, 0.1) is 11.3 Å². The van der Waals surface area contributed by atoms with Gasteiger partial charge in [0.1, 0.15) is 0 Å². The molecular formula is C19H25N3O3S. The highest BCUT2D eigenvalue weighted by atomic mass is 32.2. The molecule has 0 unspecified atom stereocenters. The minimum atomic E-state index is -3.53. The molecule has 2 aromatic rings. The normalized spacial score (nSPS) is 11.8. The fourth-order valence-electron chi connectivity index (χ4n) is 2.39. The number of carbonyl (C=O) groups excluding carboxylic acids is 1. The summed E-state index contributed by atoms with van der Waals surface area (Å²) in [7, 11) is -0.300. The molecule has 0 spiro atoms. The van der Waals surface area contributed by atoms with Crippen molar-refractivity contribution < 1.29 is 13.2 Å². The highest BCUT2D eigenvalue weighted by Crippen LogP contribution is 2.21. The Balaban J connectivity index is 2.17. The van der Waals surface area contributed by atoms with Crippen molar-refractivity contribution >= 4 is 21.6 Å². The Morgan fingerprint density at radius 2 is 1.73 bits per heavy atom. The van der Waals surface area contributed by atoms with E-state index in [0.29, 0.717) is 5.69 Å². The van der Waals surface area contributed by atoms with Crippen molar-refractivity contribution in [3.8, 4) is 0 Å². The zero-order valence-corrected chi connectivity index (χ0v) is 16.6. The number of nitrogens with zero attached hydrogens (tertiary/aromatic N) is 3. The van der Waals surface area contributed by atoms with Crippen molar-refractivity contribution in [2.45, 2.75) is 38.1 Å². The second-order valence-corrected chi connectivity index (χ2v) is 8.54. The molecule has 0 aliphatic heterocycles. The number of aryl methyl sites for hydroxylation is 1. The third-order valence-electron chi connectivity index (χ3n) is 4.49. The summed E-state index contributed by atoms with van der Waals surface area (Å²) in [6.07, 6.45) is 3.63. The van der Waals surface area contributed by atoms with Crippen LogP contribution in [0.2, 0.25) is 0 Å². The molecule has 6 nitrogen and oxygen atoms in total. The molecular weight excluding hydrogens is 350 g/mol. The Morgan fingerprint density at radius 3 is 2.27 bits per heavy atom. The first-order valence-electron chi connectivity index (χ1n) is 8.38. The Labute approximate surface area is 155 Å². The van der Waals surface area contributed by atoms with Crippen LogP contribution in [-0.4, -0.2) is 43.8 Å². The lowest BCUT2D eigenvalue weighted by atomic mass is 10.1. The number of anilines is 1. The number of hydrogen-bond acceptors (Lipinski definition) is 4. The van der Waals surface area contributed by atoms with E-state index in [2.05, 4.69) is 4.98 Å². The molecule has 0 atom stereocenters. The Hall–Kier alpha value is -2.25. The molecule has 1 aromatic carbocycles. The van der Waals surface area contributed by atoms with Crippen LogP contribution in [0.1, 0.15) is 25.0 Å². The first kappa shape index (κ1) is 20.1. The third-order valence-corrected chi connectivity index (χ3v) is 6.54. The molecule has 1 amide bonds. The largest absolute Gasteiger partial charge is 0.315 e. The Morgan fingerprint density at radius 1 is 1.12 bits per heavy atom. The summed E-state index contributed by atoms with van der Waals surface area (Å²) in [4.78, 5) is 18.3. The van der Waals surface area contributed by atoms with Crippen molar-refractivity contribution in [2.75, 3.05) is 19.0 Å². The van der Waals surface area contributed by atoms with Gasteiger partial charge in [-0.05, 0) is 62.2 Å². The molecule has 0 N–H and O–H groups in total. The molecule has 0 radical (unpaired) electrons. The molecule has 7 heteroatoms. The molecule has 0 saturated carbocycles. The molecule has 140 valence electrons. The van der Waals surface area contributed by atoms with E-state index in [1.165, 1.54) is 21.3 Å². The predicted octanol–water partition coefficient (Wildman–Crippen LogP) is 2.62. The predicted molar refractivity (Wildman–Crippen MR) is 103 cm³/mol. The summed E-state index contributed by atoms with van der Waals surface area (Å²) in [6, 6.07) is 8.09. The van der Waals surface area contributed by atoms with E-state index >= 15 is 0 Å². The molecule has 0 aliphatic carbocycles. The van der Waals surface area contributed by atoms with E-state index in [1.807, 2.05) is 26.8 Å². The second-order valence-electron chi connectivity index (χ2n) is 6.54. The number of pyridine rings is 1.